The Balaban J connectivity index is 1.53. The summed E-state index contributed by atoms with van der Waals surface area (Å²) in [5.74, 6) is -3.13. The number of ether oxygens (including phenoxy) is 1. The van der Waals surface area contributed by atoms with E-state index in [9.17, 15) is 19.2 Å². The van der Waals surface area contributed by atoms with E-state index in [1.54, 1.807) is 31.2 Å². The molecule has 2 amide bonds. The number of imide groups is 1. The van der Waals surface area contributed by atoms with Crippen molar-refractivity contribution in [2.24, 2.45) is 11.8 Å². The standard InChI is InChI=1S/C29H23NO5/c1-3-35-28(34)17-12-14-18(15-13-17)30-26(32)24-23-19-8-4-6-10-21(19)29(16(2)31,25(24)27(30)33)22-11-7-5-9-20(22)23/h4-15,23-25H,3H2,1-2H3/t23?,24-,25-,29?/m0/s1. The van der Waals surface area contributed by atoms with Gasteiger partial charge in [-0.2, -0.15) is 0 Å². The van der Waals surface area contributed by atoms with Gasteiger partial charge in [0.25, 0.3) is 0 Å². The Labute approximate surface area is 202 Å². The van der Waals surface area contributed by atoms with Crippen molar-refractivity contribution in [1.29, 1.82) is 0 Å². The molecular formula is C29H23NO5. The van der Waals surface area contributed by atoms with Crippen LogP contribution in [0.4, 0.5) is 5.69 Å². The maximum Gasteiger partial charge on any atom is 0.338 e. The predicted octanol–water partition coefficient (Wildman–Crippen LogP) is 4.00. The van der Waals surface area contributed by atoms with Gasteiger partial charge in [0.05, 0.1) is 35.1 Å². The molecule has 2 bridgehead atoms. The van der Waals surface area contributed by atoms with Crippen LogP contribution < -0.4 is 4.90 Å². The molecule has 0 radical (unpaired) electrons. The summed E-state index contributed by atoms with van der Waals surface area (Å²) in [5.41, 5.74) is 3.00. The molecule has 6 heteroatoms. The lowest BCUT2D eigenvalue weighted by Crippen LogP contribution is -2.57. The van der Waals surface area contributed by atoms with Crippen LogP contribution in [0.3, 0.4) is 0 Å². The summed E-state index contributed by atoms with van der Waals surface area (Å²) in [4.78, 5) is 54.9. The summed E-state index contributed by atoms with van der Waals surface area (Å²) in [6.45, 7) is 3.50. The van der Waals surface area contributed by atoms with Crippen LogP contribution >= 0.6 is 0 Å². The molecule has 1 heterocycles. The Bertz CT molecular complexity index is 1380. The smallest absolute Gasteiger partial charge is 0.338 e. The lowest BCUT2D eigenvalue weighted by atomic mass is 9.46. The number of hydrogen-bond donors (Lipinski definition) is 0. The highest BCUT2D eigenvalue weighted by molar-refractivity contribution is 6.25. The Morgan fingerprint density at radius 1 is 0.857 bits per heavy atom. The molecule has 0 N–H and O–H groups in total. The number of Topliss-reactive ketones (excluding diaryl/α,β-unsaturated/α-hetero) is 1. The van der Waals surface area contributed by atoms with Gasteiger partial charge in [0.1, 0.15) is 5.78 Å². The average Bonchev–Trinajstić information content (AvgIpc) is 3.14. The van der Waals surface area contributed by atoms with Crippen molar-refractivity contribution in [3.63, 3.8) is 0 Å². The van der Waals surface area contributed by atoms with Gasteiger partial charge in [0.15, 0.2) is 0 Å². The van der Waals surface area contributed by atoms with Gasteiger partial charge in [-0.1, -0.05) is 48.5 Å². The zero-order valence-corrected chi connectivity index (χ0v) is 19.4. The summed E-state index contributed by atoms with van der Waals surface area (Å²) >= 11 is 0. The molecular weight excluding hydrogens is 442 g/mol. The van der Waals surface area contributed by atoms with Crippen LogP contribution in [0.15, 0.2) is 72.8 Å². The number of carbonyl (C=O) groups is 4. The van der Waals surface area contributed by atoms with Crippen LogP contribution in [0.5, 0.6) is 0 Å². The highest BCUT2D eigenvalue weighted by Gasteiger charge is 2.69. The van der Waals surface area contributed by atoms with E-state index in [1.165, 1.54) is 11.8 Å². The Morgan fingerprint density at radius 2 is 1.43 bits per heavy atom. The van der Waals surface area contributed by atoms with Gasteiger partial charge in [-0.3, -0.25) is 14.4 Å². The zero-order valence-electron chi connectivity index (χ0n) is 19.4. The molecule has 0 spiro atoms. The number of benzene rings is 3. The number of amides is 2. The summed E-state index contributed by atoms with van der Waals surface area (Å²) in [5, 5.41) is 0. The molecule has 7 rings (SSSR count). The molecule has 1 fully saturated rings. The van der Waals surface area contributed by atoms with E-state index >= 15 is 0 Å². The van der Waals surface area contributed by atoms with Crippen molar-refractivity contribution < 1.29 is 23.9 Å². The first kappa shape index (κ1) is 21.5. The van der Waals surface area contributed by atoms with E-state index in [0.717, 1.165) is 22.3 Å². The number of ketones is 1. The topological polar surface area (TPSA) is 80.8 Å². The molecule has 0 unspecified atom stereocenters. The van der Waals surface area contributed by atoms with Gasteiger partial charge in [-0.15, -0.1) is 0 Å². The molecule has 3 aromatic rings. The first-order valence-corrected chi connectivity index (χ1v) is 11.8. The molecule has 174 valence electrons. The lowest BCUT2D eigenvalue weighted by Gasteiger charge is -2.52. The molecule has 2 atom stereocenters. The second kappa shape index (κ2) is 7.47. The monoisotopic (exact) mass is 465 g/mol. The van der Waals surface area contributed by atoms with Crippen LogP contribution in [-0.4, -0.2) is 30.2 Å². The zero-order chi connectivity index (χ0) is 24.5. The van der Waals surface area contributed by atoms with E-state index in [4.69, 9.17) is 4.74 Å². The second-order valence-corrected chi connectivity index (χ2v) is 9.30. The number of carbonyl (C=O) groups excluding carboxylic acids is 4. The molecule has 0 saturated carbocycles. The molecule has 0 aromatic heterocycles. The van der Waals surface area contributed by atoms with Gasteiger partial charge in [0, 0.05) is 5.92 Å². The highest BCUT2D eigenvalue weighted by Crippen LogP contribution is 2.64. The van der Waals surface area contributed by atoms with Crippen LogP contribution in [0, 0.1) is 11.8 Å². The number of esters is 1. The lowest BCUT2D eigenvalue weighted by molar-refractivity contribution is -0.132. The number of anilines is 1. The molecule has 3 aliphatic carbocycles. The van der Waals surface area contributed by atoms with Crippen molar-refractivity contribution in [1.82, 2.24) is 0 Å². The van der Waals surface area contributed by atoms with Crippen LogP contribution in [0.1, 0.15) is 52.4 Å². The predicted molar refractivity (Wildman–Crippen MR) is 128 cm³/mol. The quantitative estimate of drug-likeness (QED) is 0.430. The van der Waals surface area contributed by atoms with E-state index in [0.29, 0.717) is 11.3 Å². The fourth-order valence-electron chi connectivity index (χ4n) is 6.59. The van der Waals surface area contributed by atoms with Gasteiger partial charge in [-0.25, -0.2) is 9.69 Å². The SMILES string of the molecule is CCOC(=O)c1ccc(N2C(=O)[C@@H]3[C@@H](C2=O)C2c4ccccc4C3(C(C)=O)c3ccccc32)cc1. The molecule has 4 aliphatic rings. The van der Waals surface area contributed by atoms with Crippen molar-refractivity contribution in [2.45, 2.75) is 25.2 Å². The normalized spacial score (nSPS) is 25.7. The third kappa shape index (κ3) is 2.59. The molecule has 1 aliphatic heterocycles. The maximum atomic E-state index is 14.1. The third-order valence-electron chi connectivity index (χ3n) is 7.81. The summed E-state index contributed by atoms with van der Waals surface area (Å²) in [6.07, 6.45) is 0. The van der Waals surface area contributed by atoms with Gasteiger partial charge in [-0.05, 0) is 60.4 Å². The number of nitrogens with zero attached hydrogens (tertiary/aromatic N) is 1. The average molecular weight is 466 g/mol. The van der Waals surface area contributed by atoms with E-state index in [2.05, 4.69) is 0 Å². The van der Waals surface area contributed by atoms with Crippen LogP contribution in [0.25, 0.3) is 0 Å². The Morgan fingerprint density at radius 3 is 1.97 bits per heavy atom. The summed E-state index contributed by atoms with van der Waals surface area (Å²) < 4.78 is 5.04. The highest BCUT2D eigenvalue weighted by atomic mass is 16.5. The van der Waals surface area contributed by atoms with Crippen LogP contribution in [-0.2, 0) is 24.5 Å². The Hall–Kier alpha value is -4.06. The van der Waals surface area contributed by atoms with E-state index < -0.39 is 23.2 Å². The fraction of sp³-hybridized carbons (Fsp3) is 0.241. The third-order valence-corrected chi connectivity index (χ3v) is 7.81. The fourth-order valence-corrected chi connectivity index (χ4v) is 6.59. The number of hydrogen-bond acceptors (Lipinski definition) is 5. The maximum absolute atomic E-state index is 14.1. The van der Waals surface area contributed by atoms with Crippen molar-refractivity contribution in [3.05, 3.63) is 101 Å². The van der Waals surface area contributed by atoms with E-state index in [-0.39, 0.29) is 30.1 Å². The molecule has 3 aromatic carbocycles. The minimum atomic E-state index is -1.22. The van der Waals surface area contributed by atoms with Crippen molar-refractivity contribution in [3.8, 4) is 0 Å². The summed E-state index contributed by atoms with van der Waals surface area (Å²) in [6, 6.07) is 21.7. The van der Waals surface area contributed by atoms with Crippen molar-refractivity contribution in [2.75, 3.05) is 11.5 Å². The molecule has 1 saturated heterocycles. The van der Waals surface area contributed by atoms with Crippen LogP contribution in [0.2, 0.25) is 0 Å². The minimum absolute atomic E-state index is 0.147. The Kier molecular flexibility index (Phi) is 4.58. The second-order valence-electron chi connectivity index (χ2n) is 9.30. The van der Waals surface area contributed by atoms with Gasteiger partial charge < -0.3 is 4.74 Å². The molecule has 6 nitrogen and oxygen atoms in total. The van der Waals surface area contributed by atoms with Gasteiger partial charge in [0.2, 0.25) is 11.8 Å². The first-order valence-electron chi connectivity index (χ1n) is 11.8. The minimum Gasteiger partial charge on any atom is -0.462 e. The molecule has 35 heavy (non-hydrogen) atoms. The van der Waals surface area contributed by atoms with Gasteiger partial charge >= 0.3 is 5.97 Å². The summed E-state index contributed by atoms with van der Waals surface area (Å²) in [7, 11) is 0. The number of rotatable bonds is 4. The van der Waals surface area contributed by atoms with E-state index in [1.807, 2.05) is 48.5 Å². The largest absolute Gasteiger partial charge is 0.462 e. The van der Waals surface area contributed by atoms with Crippen molar-refractivity contribution >= 4 is 29.3 Å². The first-order chi connectivity index (χ1) is 16.9.